The summed E-state index contributed by atoms with van der Waals surface area (Å²) in [5, 5.41) is 0. The van der Waals surface area contributed by atoms with E-state index in [1.807, 2.05) is 13.8 Å². The number of carbonyl (C=O) groups excluding carboxylic acids is 1. The smallest absolute Gasteiger partial charge is 0.373 e. The van der Waals surface area contributed by atoms with E-state index in [0.717, 1.165) is 6.42 Å². The number of rotatable bonds is 4. The monoisotopic (exact) mass is 214 g/mol. The second-order valence-electron chi connectivity index (χ2n) is 3.47. The van der Waals surface area contributed by atoms with Crippen molar-refractivity contribution >= 4 is 5.97 Å². The van der Waals surface area contributed by atoms with E-state index in [-0.39, 0.29) is 18.0 Å². The van der Waals surface area contributed by atoms with E-state index >= 15 is 0 Å². The van der Waals surface area contributed by atoms with Gasteiger partial charge in [0.05, 0.1) is 6.61 Å². The SMILES string of the molecule is CCOC(=O)C1=C[C@@H](C)C[C@H](OCC)O1. The van der Waals surface area contributed by atoms with E-state index in [1.54, 1.807) is 13.0 Å². The maximum atomic E-state index is 11.4. The molecular formula is C11H18O4. The van der Waals surface area contributed by atoms with Gasteiger partial charge in [0.25, 0.3) is 0 Å². The maximum Gasteiger partial charge on any atom is 0.373 e. The molecule has 1 heterocycles. The van der Waals surface area contributed by atoms with Crippen LogP contribution in [0.3, 0.4) is 0 Å². The Hall–Kier alpha value is -1.03. The molecule has 0 aromatic rings. The van der Waals surface area contributed by atoms with Crippen molar-refractivity contribution in [3.63, 3.8) is 0 Å². The predicted octanol–water partition coefficient (Wildman–Crippen LogP) is 1.85. The first-order valence-electron chi connectivity index (χ1n) is 5.34. The quantitative estimate of drug-likeness (QED) is 0.670. The minimum absolute atomic E-state index is 0.272. The topological polar surface area (TPSA) is 44.8 Å². The van der Waals surface area contributed by atoms with Crippen LogP contribution in [-0.4, -0.2) is 25.5 Å². The van der Waals surface area contributed by atoms with Crippen LogP contribution in [0, 0.1) is 5.92 Å². The van der Waals surface area contributed by atoms with Gasteiger partial charge in [0.2, 0.25) is 12.0 Å². The summed E-state index contributed by atoms with van der Waals surface area (Å²) < 4.78 is 15.6. The summed E-state index contributed by atoms with van der Waals surface area (Å²) in [6.45, 7) is 6.62. The Bertz CT molecular complexity index is 247. The zero-order valence-corrected chi connectivity index (χ0v) is 9.49. The molecule has 1 rings (SSSR count). The van der Waals surface area contributed by atoms with Gasteiger partial charge in [0.1, 0.15) is 0 Å². The van der Waals surface area contributed by atoms with E-state index in [2.05, 4.69) is 0 Å². The molecule has 1 aliphatic rings. The van der Waals surface area contributed by atoms with Crippen LogP contribution in [0.25, 0.3) is 0 Å². The second kappa shape index (κ2) is 5.75. The summed E-state index contributed by atoms with van der Waals surface area (Å²) in [6.07, 6.45) is 2.24. The highest BCUT2D eigenvalue weighted by Crippen LogP contribution is 2.23. The molecule has 0 amide bonds. The first kappa shape index (κ1) is 12.0. The summed E-state index contributed by atoms with van der Waals surface area (Å²) in [5.74, 6) is 0.137. The van der Waals surface area contributed by atoms with Gasteiger partial charge in [-0.3, -0.25) is 0 Å². The van der Waals surface area contributed by atoms with Crippen LogP contribution in [-0.2, 0) is 19.0 Å². The molecule has 0 bridgehead atoms. The fraction of sp³-hybridized carbons (Fsp3) is 0.727. The van der Waals surface area contributed by atoms with Crippen LogP contribution < -0.4 is 0 Å². The highest BCUT2D eigenvalue weighted by Gasteiger charge is 2.25. The largest absolute Gasteiger partial charge is 0.460 e. The van der Waals surface area contributed by atoms with Crippen molar-refractivity contribution in [1.82, 2.24) is 0 Å². The number of carbonyl (C=O) groups is 1. The average Bonchev–Trinajstić information content (AvgIpc) is 2.17. The maximum absolute atomic E-state index is 11.4. The summed E-state index contributed by atoms with van der Waals surface area (Å²) in [4.78, 5) is 11.4. The minimum atomic E-state index is -0.409. The van der Waals surface area contributed by atoms with Crippen molar-refractivity contribution in [3.8, 4) is 0 Å². The predicted molar refractivity (Wildman–Crippen MR) is 55.0 cm³/mol. The van der Waals surface area contributed by atoms with Gasteiger partial charge in [0, 0.05) is 13.0 Å². The summed E-state index contributed by atoms with van der Waals surface area (Å²) in [6, 6.07) is 0. The second-order valence-corrected chi connectivity index (χ2v) is 3.47. The molecule has 2 atom stereocenters. The molecule has 0 radical (unpaired) electrons. The standard InChI is InChI=1S/C11H18O4/c1-4-13-10-7-8(3)6-9(15-10)11(12)14-5-2/h6,8,10H,4-5,7H2,1-3H3/t8-,10-/m1/s1. The molecule has 0 N–H and O–H groups in total. The Morgan fingerprint density at radius 1 is 1.53 bits per heavy atom. The lowest BCUT2D eigenvalue weighted by Gasteiger charge is -2.26. The molecule has 1 aliphatic heterocycles. The lowest BCUT2D eigenvalue weighted by Crippen LogP contribution is -2.27. The van der Waals surface area contributed by atoms with Crippen LogP contribution in [0.15, 0.2) is 11.8 Å². The van der Waals surface area contributed by atoms with E-state index in [9.17, 15) is 4.79 Å². The molecule has 0 saturated heterocycles. The van der Waals surface area contributed by atoms with Crippen LogP contribution in [0.4, 0.5) is 0 Å². The molecule has 4 heteroatoms. The number of hydrogen-bond acceptors (Lipinski definition) is 4. The molecule has 0 fully saturated rings. The van der Waals surface area contributed by atoms with Gasteiger partial charge in [-0.05, 0) is 25.8 Å². The van der Waals surface area contributed by atoms with Crippen molar-refractivity contribution in [2.45, 2.75) is 33.5 Å². The highest BCUT2D eigenvalue weighted by atomic mass is 16.7. The van der Waals surface area contributed by atoms with Crippen LogP contribution in [0.5, 0.6) is 0 Å². The zero-order valence-electron chi connectivity index (χ0n) is 9.49. The van der Waals surface area contributed by atoms with Gasteiger partial charge in [0.15, 0.2) is 0 Å². The number of allylic oxidation sites excluding steroid dienone is 1. The molecule has 0 aromatic carbocycles. The Labute approximate surface area is 90.2 Å². The lowest BCUT2D eigenvalue weighted by atomic mass is 10.0. The molecular weight excluding hydrogens is 196 g/mol. The molecule has 4 nitrogen and oxygen atoms in total. The summed E-state index contributed by atoms with van der Waals surface area (Å²) >= 11 is 0. The number of esters is 1. The van der Waals surface area contributed by atoms with Crippen molar-refractivity contribution in [3.05, 3.63) is 11.8 Å². The molecule has 0 saturated carbocycles. The van der Waals surface area contributed by atoms with E-state index in [1.165, 1.54) is 0 Å². The van der Waals surface area contributed by atoms with Gasteiger partial charge >= 0.3 is 5.97 Å². The van der Waals surface area contributed by atoms with Crippen LogP contribution in [0.2, 0.25) is 0 Å². The summed E-state index contributed by atoms with van der Waals surface area (Å²) in [5.41, 5.74) is 0. The van der Waals surface area contributed by atoms with Gasteiger partial charge in [-0.15, -0.1) is 0 Å². The zero-order chi connectivity index (χ0) is 11.3. The number of ether oxygens (including phenoxy) is 3. The van der Waals surface area contributed by atoms with Crippen LogP contribution >= 0.6 is 0 Å². The van der Waals surface area contributed by atoms with E-state index < -0.39 is 5.97 Å². The molecule has 0 spiro atoms. The molecule has 86 valence electrons. The Morgan fingerprint density at radius 3 is 2.87 bits per heavy atom. The van der Waals surface area contributed by atoms with Gasteiger partial charge in [-0.1, -0.05) is 6.92 Å². The Kier molecular flexibility index (Phi) is 4.62. The third-order valence-electron chi connectivity index (χ3n) is 2.09. The lowest BCUT2D eigenvalue weighted by molar-refractivity contribution is -0.161. The Balaban J connectivity index is 2.60. The molecule has 0 aliphatic carbocycles. The van der Waals surface area contributed by atoms with Crippen molar-refractivity contribution in [2.24, 2.45) is 5.92 Å². The van der Waals surface area contributed by atoms with Crippen molar-refractivity contribution in [2.75, 3.05) is 13.2 Å². The van der Waals surface area contributed by atoms with Crippen LogP contribution in [0.1, 0.15) is 27.2 Å². The fourth-order valence-corrected chi connectivity index (χ4v) is 1.47. The third kappa shape index (κ3) is 3.55. The Morgan fingerprint density at radius 2 is 2.27 bits per heavy atom. The normalized spacial score (nSPS) is 25.4. The van der Waals surface area contributed by atoms with Gasteiger partial charge in [-0.2, -0.15) is 0 Å². The molecule has 0 aromatic heterocycles. The van der Waals surface area contributed by atoms with Gasteiger partial charge in [-0.25, -0.2) is 4.79 Å². The van der Waals surface area contributed by atoms with E-state index in [0.29, 0.717) is 13.2 Å². The third-order valence-corrected chi connectivity index (χ3v) is 2.09. The van der Waals surface area contributed by atoms with Crippen molar-refractivity contribution in [1.29, 1.82) is 0 Å². The fourth-order valence-electron chi connectivity index (χ4n) is 1.47. The number of hydrogen-bond donors (Lipinski definition) is 0. The first-order chi connectivity index (χ1) is 7.17. The van der Waals surface area contributed by atoms with Gasteiger partial charge < -0.3 is 14.2 Å². The minimum Gasteiger partial charge on any atom is -0.460 e. The van der Waals surface area contributed by atoms with E-state index in [4.69, 9.17) is 14.2 Å². The van der Waals surface area contributed by atoms with Crippen molar-refractivity contribution < 1.29 is 19.0 Å². The average molecular weight is 214 g/mol. The highest BCUT2D eigenvalue weighted by molar-refractivity contribution is 5.86. The first-order valence-corrected chi connectivity index (χ1v) is 5.34. The molecule has 0 unspecified atom stereocenters. The summed E-state index contributed by atoms with van der Waals surface area (Å²) in [7, 11) is 0. The molecule has 15 heavy (non-hydrogen) atoms.